The molecule has 0 saturated heterocycles. The minimum atomic E-state index is -0.985. The van der Waals surface area contributed by atoms with Crippen molar-refractivity contribution < 1.29 is 23.4 Å². The average Bonchev–Trinajstić information content (AvgIpc) is 3.31. The van der Waals surface area contributed by atoms with Crippen molar-refractivity contribution in [2.45, 2.75) is 12.0 Å². The first-order valence-electron chi connectivity index (χ1n) is 11.2. The summed E-state index contributed by atoms with van der Waals surface area (Å²) < 4.78 is 23.0. The predicted molar refractivity (Wildman–Crippen MR) is 131 cm³/mol. The van der Waals surface area contributed by atoms with Gasteiger partial charge in [-0.2, -0.15) is 0 Å². The van der Waals surface area contributed by atoms with Crippen LogP contribution < -0.4 is 25.2 Å². The standard InChI is InChI=1S/C28H21NO6/c1-32-19-12-10-18(11-13-19)29-27(30)26-23(17-14-16-6-2-4-8-21(16)33-15-17)24-25(35-26)20-7-3-5-9-22(20)34-28(24)31/h2-14,23,26H,15H2,1H3,(H,29,30)/t23-,26-/m0/s1. The lowest BCUT2D eigenvalue weighted by Crippen LogP contribution is -2.37. The lowest BCUT2D eigenvalue weighted by molar-refractivity contribution is -0.122. The molecule has 35 heavy (non-hydrogen) atoms. The van der Waals surface area contributed by atoms with Gasteiger partial charge < -0.3 is 23.9 Å². The van der Waals surface area contributed by atoms with E-state index in [9.17, 15) is 9.59 Å². The Kier molecular flexibility index (Phi) is 5.03. The van der Waals surface area contributed by atoms with E-state index in [1.54, 1.807) is 43.5 Å². The molecular formula is C28H21NO6. The number of carbonyl (C=O) groups is 1. The first-order chi connectivity index (χ1) is 17.1. The lowest BCUT2D eigenvalue weighted by atomic mass is 9.86. The fraction of sp³-hybridized carbons (Fsp3) is 0.143. The Hall–Kier alpha value is -4.52. The lowest BCUT2D eigenvalue weighted by Gasteiger charge is -2.25. The van der Waals surface area contributed by atoms with Crippen LogP contribution in [0.3, 0.4) is 0 Å². The third-order valence-corrected chi connectivity index (χ3v) is 6.33. The van der Waals surface area contributed by atoms with Gasteiger partial charge in [-0.3, -0.25) is 4.79 Å². The molecule has 0 aliphatic carbocycles. The number of ether oxygens (including phenoxy) is 3. The van der Waals surface area contributed by atoms with Crippen molar-refractivity contribution in [2.24, 2.45) is 0 Å². The molecule has 7 nitrogen and oxygen atoms in total. The highest BCUT2D eigenvalue weighted by atomic mass is 16.5. The zero-order chi connectivity index (χ0) is 23.9. The highest BCUT2D eigenvalue weighted by molar-refractivity contribution is 5.98. The normalized spacial score (nSPS) is 18.0. The molecule has 2 aliphatic rings. The number of carbonyl (C=O) groups excluding carboxylic acids is 1. The Morgan fingerprint density at radius 2 is 1.77 bits per heavy atom. The van der Waals surface area contributed by atoms with Crippen molar-refractivity contribution in [2.75, 3.05) is 19.0 Å². The van der Waals surface area contributed by atoms with Crippen LogP contribution in [0.25, 0.3) is 17.0 Å². The van der Waals surface area contributed by atoms with Crippen molar-refractivity contribution in [3.63, 3.8) is 0 Å². The van der Waals surface area contributed by atoms with Gasteiger partial charge in [-0.05, 0) is 54.1 Å². The molecule has 3 heterocycles. The zero-order valence-corrected chi connectivity index (χ0v) is 18.8. The SMILES string of the molecule is COc1ccc(NC(=O)[C@H]2Oc3c(c(=O)oc4ccccc34)[C@@H]2C2=Cc3ccccc3OC2)cc1. The van der Waals surface area contributed by atoms with Gasteiger partial charge in [0.25, 0.3) is 5.91 Å². The first-order valence-corrected chi connectivity index (χ1v) is 11.2. The molecule has 1 amide bonds. The van der Waals surface area contributed by atoms with E-state index in [1.807, 2.05) is 42.5 Å². The van der Waals surface area contributed by atoms with E-state index >= 15 is 0 Å². The number of benzene rings is 3. The summed E-state index contributed by atoms with van der Waals surface area (Å²) >= 11 is 0. The molecule has 2 atom stereocenters. The van der Waals surface area contributed by atoms with Crippen molar-refractivity contribution in [1.29, 1.82) is 0 Å². The third-order valence-electron chi connectivity index (χ3n) is 6.33. The van der Waals surface area contributed by atoms with Gasteiger partial charge in [0.15, 0.2) is 6.10 Å². The maximum atomic E-state index is 13.5. The highest BCUT2D eigenvalue weighted by Crippen LogP contribution is 2.46. The van der Waals surface area contributed by atoms with Crippen molar-refractivity contribution in [3.8, 4) is 17.2 Å². The predicted octanol–water partition coefficient (Wildman–Crippen LogP) is 4.76. The monoisotopic (exact) mass is 467 g/mol. The minimum Gasteiger partial charge on any atom is -0.497 e. The van der Waals surface area contributed by atoms with Gasteiger partial charge in [0.05, 0.1) is 24.0 Å². The second kappa shape index (κ2) is 8.36. The van der Waals surface area contributed by atoms with E-state index in [-0.39, 0.29) is 12.5 Å². The van der Waals surface area contributed by atoms with Crippen LogP contribution in [0.15, 0.2) is 87.6 Å². The number of methoxy groups -OCH3 is 1. The van der Waals surface area contributed by atoms with E-state index in [2.05, 4.69) is 5.32 Å². The second-order valence-electron chi connectivity index (χ2n) is 8.41. The molecule has 0 bridgehead atoms. The summed E-state index contributed by atoms with van der Waals surface area (Å²) in [4.78, 5) is 26.7. The molecule has 0 fully saturated rings. The van der Waals surface area contributed by atoms with Gasteiger partial charge in [-0.25, -0.2) is 4.79 Å². The summed E-state index contributed by atoms with van der Waals surface area (Å²) in [5.41, 5.74) is 2.44. The fourth-order valence-electron chi connectivity index (χ4n) is 4.66. The molecule has 174 valence electrons. The van der Waals surface area contributed by atoms with Crippen LogP contribution in [0.4, 0.5) is 5.69 Å². The molecule has 6 rings (SSSR count). The van der Waals surface area contributed by atoms with E-state index in [0.29, 0.717) is 33.7 Å². The number of hydrogen-bond donors (Lipinski definition) is 1. The summed E-state index contributed by atoms with van der Waals surface area (Å²) in [6, 6.07) is 21.8. The summed E-state index contributed by atoms with van der Waals surface area (Å²) in [5.74, 6) is 0.756. The Bertz CT molecular complexity index is 1540. The number of anilines is 1. The van der Waals surface area contributed by atoms with Crippen LogP contribution >= 0.6 is 0 Å². The smallest absolute Gasteiger partial charge is 0.344 e. The number of para-hydroxylation sites is 2. The van der Waals surface area contributed by atoms with Gasteiger partial charge in [-0.1, -0.05) is 30.3 Å². The molecule has 4 aromatic rings. The summed E-state index contributed by atoms with van der Waals surface area (Å²) in [6.45, 7) is 0.225. The topological polar surface area (TPSA) is 87.0 Å². The largest absolute Gasteiger partial charge is 0.497 e. The number of amides is 1. The number of nitrogens with one attached hydrogen (secondary N) is 1. The van der Waals surface area contributed by atoms with Gasteiger partial charge in [0.1, 0.15) is 29.4 Å². The maximum Gasteiger partial charge on any atom is 0.344 e. The van der Waals surface area contributed by atoms with E-state index in [1.165, 1.54) is 0 Å². The molecule has 0 unspecified atom stereocenters. The fourth-order valence-corrected chi connectivity index (χ4v) is 4.66. The van der Waals surface area contributed by atoms with Gasteiger partial charge in [-0.15, -0.1) is 0 Å². The summed E-state index contributed by atoms with van der Waals surface area (Å²) in [6.07, 6.45) is 0.977. The average molecular weight is 467 g/mol. The first kappa shape index (κ1) is 21.0. The number of hydrogen-bond acceptors (Lipinski definition) is 6. The summed E-state index contributed by atoms with van der Waals surface area (Å²) in [5, 5.41) is 3.55. The van der Waals surface area contributed by atoms with Crippen molar-refractivity contribution in [1.82, 2.24) is 0 Å². The number of rotatable bonds is 4. The van der Waals surface area contributed by atoms with Crippen LogP contribution in [0.5, 0.6) is 17.2 Å². The van der Waals surface area contributed by atoms with Crippen LogP contribution in [0.1, 0.15) is 17.0 Å². The molecule has 0 saturated carbocycles. The molecule has 3 aromatic carbocycles. The Morgan fingerprint density at radius 3 is 2.60 bits per heavy atom. The summed E-state index contributed by atoms with van der Waals surface area (Å²) in [7, 11) is 1.58. The van der Waals surface area contributed by atoms with Crippen LogP contribution in [0.2, 0.25) is 0 Å². The Morgan fingerprint density at radius 1 is 1.00 bits per heavy atom. The van der Waals surface area contributed by atoms with Gasteiger partial charge in [0.2, 0.25) is 0 Å². The van der Waals surface area contributed by atoms with Gasteiger partial charge in [0, 0.05) is 11.3 Å². The van der Waals surface area contributed by atoms with Crippen LogP contribution in [0, 0.1) is 0 Å². The molecule has 0 spiro atoms. The Labute approximate surface area is 200 Å². The van der Waals surface area contributed by atoms with E-state index in [4.69, 9.17) is 18.6 Å². The van der Waals surface area contributed by atoms with Crippen LogP contribution in [-0.4, -0.2) is 25.7 Å². The molecule has 1 N–H and O–H groups in total. The van der Waals surface area contributed by atoms with Crippen molar-refractivity contribution in [3.05, 3.63) is 99.9 Å². The maximum absolute atomic E-state index is 13.5. The molecule has 7 heteroatoms. The zero-order valence-electron chi connectivity index (χ0n) is 18.8. The van der Waals surface area contributed by atoms with Gasteiger partial charge >= 0.3 is 5.63 Å². The van der Waals surface area contributed by atoms with E-state index in [0.717, 1.165) is 16.9 Å². The highest BCUT2D eigenvalue weighted by Gasteiger charge is 2.45. The van der Waals surface area contributed by atoms with E-state index < -0.39 is 17.6 Å². The third kappa shape index (κ3) is 3.61. The number of fused-ring (bicyclic) bond motifs is 4. The molecule has 1 aromatic heterocycles. The molecule has 0 radical (unpaired) electrons. The minimum absolute atomic E-state index is 0.225. The van der Waals surface area contributed by atoms with Crippen LogP contribution in [-0.2, 0) is 4.79 Å². The Balaban J connectivity index is 1.45. The van der Waals surface area contributed by atoms with Crippen molar-refractivity contribution >= 4 is 28.6 Å². The molecule has 2 aliphatic heterocycles. The second-order valence-corrected chi connectivity index (χ2v) is 8.41. The molecular weight excluding hydrogens is 446 g/mol. The quantitative estimate of drug-likeness (QED) is 0.436.